The molecule has 2 aromatic heterocycles. The minimum Gasteiger partial charge on any atom is -0.508 e. The summed E-state index contributed by atoms with van der Waals surface area (Å²) in [6.45, 7) is 7.10. The number of aliphatic hydroxyl groups is 1. The Kier molecular flexibility index (Phi) is 9.18. The Morgan fingerprint density at radius 2 is 1.81 bits per heavy atom. The molecule has 54 heavy (non-hydrogen) atoms. The maximum absolute atomic E-state index is 17.2. The number of hydrogen-bond donors (Lipinski definition) is 2. The minimum absolute atomic E-state index is 0.0100. The van der Waals surface area contributed by atoms with Crippen LogP contribution in [0.5, 0.6) is 11.8 Å². The first kappa shape index (κ1) is 36.0. The molecule has 4 aromatic rings. The van der Waals surface area contributed by atoms with E-state index in [0.717, 1.165) is 58.1 Å². The van der Waals surface area contributed by atoms with Gasteiger partial charge in [-0.2, -0.15) is 9.97 Å². The fourth-order valence-electron chi connectivity index (χ4n) is 10.6. The predicted molar refractivity (Wildman–Crippen MR) is 202 cm³/mol. The molecule has 288 valence electrons. The van der Waals surface area contributed by atoms with Crippen LogP contribution >= 0.6 is 0 Å². The number of rotatable bonds is 7. The lowest BCUT2D eigenvalue weighted by molar-refractivity contribution is -0.175. The van der Waals surface area contributed by atoms with E-state index in [1.54, 1.807) is 19.1 Å². The summed E-state index contributed by atoms with van der Waals surface area (Å²) in [5.41, 5.74) is -0.441. The van der Waals surface area contributed by atoms with Gasteiger partial charge in [-0.05, 0) is 112 Å². The lowest BCUT2D eigenvalue weighted by Crippen LogP contribution is -2.58. The van der Waals surface area contributed by atoms with Crippen molar-refractivity contribution in [2.45, 2.75) is 108 Å². The maximum atomic E-state index is 17.2. The summed E-state index contributed by atoms with van der Waals surface area (Å²) in [6, 6.07) is 6.96. The normalized spacial score (nSPS) is 30.4. The maximum Gasteiger partial charge on any atom is 0.319 e. The van der Waals surface area contributed by atoms with E-state index < -0.39 is 17.2 Å². The second kappa shape index (κ2) is 13.8. The highest BCUT2D eigenvalue weighted by Gasteiger charge is 2.52. The first-order valence-corrected chi connectivity index (χ1v) is 20.0. The third kappa shape index (κ3) is 6.27. The molecule has 3 aliphatic heterocycles. The molecule has 5 fully saturated rings. The van der Waals surface area contributed by atoms with E-state index in [2.05, 4.69) is 9.88 Å². The fourth-order valence-corrected chi connectivity index (χ4v) is 10.6. The molecule has 9 rings (SSSR count). The highest BCUT2D eigenvalue weighted by molar-refractivity contribution is 6.01. The van der Waals surface area contributed by atoms with E-state index >= 15 is 8.78 Å². The summed E-state index contributed by atoms with van der Waals surface area (Å²) < 4.78 is 50.7. The van der Waals surface area contributed by atoms with Gasteiger partial charge in [-0.3, -0.25) is 9.88 Å². The molecule has 0 radical (unpaired) electrons. The number of fused-ring (bicyclic) bond motifs is 3. The quantitative estimate of drug-likeness (QED) is 0.204. The molecule has 2 unspecified atom stereocenters. The van der Waals surface area contributed by atoms with E-state index in [0.29, 0.717) is 65.8 Å². The second-order valence-corrected chi connectivity index (χ2v) is 16.9. The van der Waals surface area contributed by atoms with Crippen LogP contribution in [-0.4, -0.2) is 99.4 Å². The number of aryl methyl sites for hydroxylation is 1. The Hall–Kier alpha value is -3.71. The zero-order valence-electron chi connectivity index (χ0n) is 31.4. The molecular formula is C42H51F2N5O5. The van der Waals surface area contributed by atoms with Crippen LogP contribution in [0.25, 0.3) is 32.9 Å². The summed E-state index contributed by atoms with van der Waals surface area (Å²) >= 11 is 0. The standard InChI is InChI=1S/C42H51F2N5O5/c1-3-29-32(43)8-7-26-20-28(50)21-30(34(26)29)36-35(44)37-31(22-45-36)38(48-17-19-52-24-40(2,51)23-48)47-39(46-37)53-25-41-11-4-6-33(41)49(16-5-12-41)27-9-13-42(14-10-27)15-18-54-42/h7-8,20-22,27,33,50-51H,3-6,9-19,23-25H2,1-2H3/t27?,33?,40-,41?,42?/m0/s1. The van der Waals surface area contributed by atoms with Gasteiger partial charge >= 0.3 is 6.01 Å². The first-order chi connectivity index (χ1) is 26.1. The minimum atomic E-state index is -1.17. The van der Waals surface area contributed by atoms with Crippen molar-refractivity contribution in [3.63, 3.8) is 0 Å². The third-order valence-corrected chi connectivity index (χ3v) is 13.3. The predicted octanol–water partition coefficient (Wildman–Crippen LogP) is 7.09. The summed E-state index contributed by atoms with van der Waals surface area (Å²) in [6.07, 6.45) is 13.2. The number of anilines is 1. The van der Waals surface area contributed by atoms with Gasteiger partial charge in [-0.25, -0.2) is 8.78 Å². The summed E-state index contributed by atoms with van der Waals surface area (Å²) in [5.74, 6) is -0.801. The number of hydrogen-bond acceptors (Lipinski definition) is 10. The van der Waals surface area contributed by atoms with E-state index in [4.69, 9.17) is 24.2 Å². The molecule has 2 saturated carbocycles. The molecule has 10 nitrogen and oxygen atoms in total. The number of benzene rings is 2. The van der Waals surface area contributed by atoms with Crippen molar-refractivity contribution in [2.24, 2.45) is 5.41 Å². The van der Waals surface area contributed by atoms with Crippen molar-refractivity contribution in [2.75, 3.05) is 51.0 Å². The van der Waals surface area contributed by atoms with Crippen LogP contribution < -0.4 is 9.64 Å². The zero-order valence-corrected chi connectivity index (χ0v) is 31.4. The van der Waals surface area contributed by atoms with Gasteiger partial charge in [0.05, 0.1) is 44.0 Å². The Morgan fingerprint density at radius 3 is 2.59 bits per heavy atom. The molecule has 0 bridgehead atoms. The summed E-state index contributed by atoms with van der Waals surface area (Å²) in [7, 11) is 0. The van der Waals surface area contributed by atoms with Gasteiger partial charge < -0.3 is 29.3 Å². The summed E-state index contributed by atoms with van der Waals surface area (Å²) in [4.78, 5) is 18.9. The smallest absolute Gasteiger partial charge is 0.319 e. The van der Waals surface area contributed by atoms with E-state index in [1.165, 1.54) is 37.6 Å². The van der Waals surface area contributed by atoms with E-state index in [9.17, 15) is 10.2 Å². The van der Waals surface area contributed by atoms with Crippen molar-refractivity contribution in [1.82, 2.24) is 19.9 Å². The number of aromatic nitrogens is 3. The van der Waals surface area contributed by atoms with Gasteiger partial charge in [0.2, 0.25) is 0 Å². The highest BCUT2D eigenvalue weighted by Crippen LogP contribution is 2.51. The average Bonchev–Trinajstić information content (AvgIpc) is 3.50. The molecule has 0 amide bonds. The SMILES string of the molecule is CCc1c(F)ccc2cc(O)cc(-c3ncc4c(N5CCOC[C@@](C)(O)C5)nc(OCC56CCCC5N(C5CCC7(CCO7)CC5)CCC6)nc4c3F)c12. The molecule has 3 saturated heterocycles. The zero-order chi connectivity index (χ0) is 37.2. The van der Waals surface area contributed by atoms with Gasteiger partial charge in [-0.15, -0.1) is 0 Å². The summed E-state index contributed by atoms with van der Waals surface area (Å²) in [5, 5.41) is 23.3. The Balaban J connectivity index is 1.10. The number of likely N-dealkylation sites (tertiary alicyclic amines) is 1. The molecule has 5 heterocycles. The molecule has 3 atom stereocenters. The topological polar surface area (TPSA) is 113 Å². The van der Waals surface area contributed by atoms with Crippen LogP contribution in [0.4, 0.5) is 14.6 Å². The fraction of sp³-hybridized carbons (Fsp3) is 0.595. The number of nitrogens with zero attached hydrogens (tertiary/aromatic N) is 5. The Morgan fingerprint density at radius 1 is 1.00 bits per heavy atom. The van der Waals surface area contributed by atoms with Crippen molar-refractivity contribution in [1.29, 1.82) is 0 Å². The van der Waals surface area contributed by atoms with Gasteiger partial charge in [-0.1, -0.05) is 19.4 Å². The van der Waals surface area contributed by atoms with Crippen molar-refractivity contribution >= 4 is 27.5 Å². The number of ether oxygens (including phenoxy) is 3. The number of piperidine rings is 1. The molecule has 2 aliphatic carbocycles. The average molecular weight is 744 g/mol. The molecule has 1 spiro atoms. The largest absolute Gasteiger partial charge is 0.508 e. The molecular weight excluding hydrogens is 692 g/mol. The number of β-amino-alcohol motifs (C(OH)–C–C–N with tert-alkyl or cyclic N) is 1. The van der Waals surface area contributed by atoms with Crippen LogP contribution in [0.1, 0.15) is 83.6 Å². The van der Waals surface area contributed by atoms with E-state index in [1.807, 2.05) is 11.8 Å². The van der Waals surface area contributed by atoms with Gasteiger partial charge in [0, 0.05) is 35.8 Å². The Labute approximate surface area is 314 Å². The number of phenols is 1. The second-order valence-electron chi connectivity index (χ2n) is 16.9. The van der Waals surface area contributed by atoms with Crippen LogP contribution in [0.15, 0.2) is 30.5 Å². The molecule has 2 aromatic carbocycles. The number of phenolic OH excluding ortho intramolecular Hbond substituents is 1. The van der Waals surface area contributed by atoms with Crippen LogP contribution in [0.3, 0.4) is 0 Å². The van der Waals surface area contributed by atoms with Gasteiger partial charge in [0.1, 0.15) is 34.2 Å². The van der Waals surface area contributed by atoms with Crippen LogP contribution in [0, 0.1) is 17.0 Å². The van der Waals surface area contributed by atoms with Gasteiger partial charge in [0.15, 0.2) is 5.82 Å². The number of aromatic hydroxyl groups is 1. The molecule has 12 heteroatoms. The lowest BCUT2D eigenvalue weighted by atomic mass is 9.72. The van der Waals surface area contributed by atoms with Crippen molar-refractivity contribution in [3.05, 3.63) is 47.7 Å². The number of pyridine rings is 1. The van der Waals surface area contributed by atoms with Crippen molar-refractivity contribution in [3.8, 4) is 23.0 Å². The van der Waals surface area contributed by atoms with Crippen LogP contribution in [-0.2, 0) is 15.9 Å². The van der Waals surface area contributed by atoms with Crippen LogP contribution in [0.2, 0.25) is 0 Å². The highest BCUT2D eigenvalue weighted by atomic mass is 19.1. The number of halogens is 2. The van der Waals surface area contributed by atoms with E-state index in [-0.39, 0.29) is 52.7 Å². The monoisotopic (exact) mass is 743 g/mol. The third-order valence-electron chi connectivity index (χ3n) is 13.3. The van der Waals surface area contributed by atoms with Gasteiger partial charge in [0.25, 0.3) is 0 Å². The lowest BCUT2D eigenvalue weighted by Gasteiger charge is -2.53. The molecule has 5 aliphatic rings. The van der Waals surface area contributed by atoms with Crippen molar-refractivity contribution < 1.29 is 33.2 Å². The molecule has 2 N–H and O–H groups in total. The Bertz CT molecular complexity index is 2070. The first-order valence-electron chi connectivity index (χ1n) is 20.0.